The number of halogens is 1. The molecule has 4 heteroatoms. The van der Waals surface area contributed by atoms with Crippen molar-refractivity contribution < 1.29 is 8.42 Å². The van der Waals surface area contributed by atoms with Gasteiger partial charge in [0.2, 0.25) is 9.84 Å². The van der Waals surface area contributed by atoms with E-state index in [4.69, 9.17) is 11.6 Å². The van der Waals surface area contributed by atoms with Crippen molar-refractivity contribution in [3.05, 3.63) is 71.1 Å². The van der Waals surface area contributed by atoms with E-state index in [0.29, 0.717) is 5.56 Å². The molecule has 2 aromatic carbocycles. The number of rotatable bonds is 3. The molecule has 2 aromatic rings. The molecule has 0 saturated heterocycles. The maximum Gasteiger partial charge on any atom is 0.201 e. The minimum absolute atomic E-state index is 0.209. The molecule has 0 radical (unpaired) electrons. The van der Waals surface area contributed by atoms with Crippen LogP contribution in [0.4, 0.5) is 0 Å². The van der Waals surface area contributed by atoms with Crippen LogP contribution in [0.1, 0.15) is 11.1 Å². The Labute approximate surface area is 118 Å². The van der Waals surface area contributed by atoms with Gasteiger partial charge < -0.3 is 0 Å². The van der Waals surface area contributed by atoms with E-state index in [0.717, 1.165) is 11.0 Å². The van der Waals surface area contributed by atoms with E-state index in [1.807, 2.05) is 25.1 Å². The van der Waals surface area contributed by atoms with Crippen molar-refractivity contribution in [3.63, 3.8) is 0 Å². The van der Waals surface area contributed by atoms with Crippen LogP contribution in [0.5, 0.6) is 0 Å². The molecular formula is C15H13ClO2S. The summed E-state index contributed by atoms with van der Waals surface area (Å²) in [5.41, 5.74) is 1.69. The number of hydrogen-bond acceptors (Lipinski definition) is 2. The molecule has 2 rings (SSSR count). The number of aryl methyl sites for hydroxylation is 1. The van der Waals surface area contributed by atoms with Crippen LogP contribution < -0.4 is 0 Å². The molecule has 0 N–H and O–H groups in total. The second-order valence-electron chi connectivity index (χ2n) is 4.19. The number of sulfone groups is 1. The standard InChI is InChI=1S/C15H13ClO2S/c1-12-7-9-14(10-8-12)19(17,18)11-15(16)13-5-3-2-4-6-13/h2-11H,1H3/b15-11-. The van der Waals surface area contributed by atoms with Crippen LogP contribution in [0.25, 0.3) is 5.03 Å². The first-order chi connectivity index (χ1) is 8.99. The molecule has 0 aliphatic rings. The molecule has 0 aliphatic carbocycles. The predicted molar refractivity (Wildman–Crippen MR) is 78.6 cm³/mol. The maximum atomic E-state index is 12.2. The van der Waals surface area contributed by atoms with E-state index in [9.17, 15) is 8.42 Å². The molecule has 0 aromatic heterocycles. The molecule has 19 heavy (non-hydrogen) atoms. The third kappa shape index (κ3) is 3.46. The van der Waals surface area contributed by atoms with Crippen molar-refractivity contribution in [2.75, 3.05) is 0 Å². The van der Waals surface area contributed by atoms with Gasteiger partial charge in [0, 0.05) is 0 Å². The molecule has 0 amide bonds. The summed E-state index contributed by atoms with van der Waals surface area (Å²) < 4.78 is 24.3. The zero-order valence-electron chi connectivity index (χ0n) is 10.4. The molecule has 0 atom stereocenters. The van der Waals surface area contributed by atoms with Crippen molar-refractivity contribution in [1.29, 1.82) is 0 Å². The van der Waals surface area contributed by atoms with Gasteiger partial charge in [0.25, 0.3) is 0 Å². The number of hydrogen-bond donors (Lipinski definition) is 0. The Hall–Kier alpha value is -1.58. The summed E-state index contributed by atoms with van der Waals surface area (Å²) >= 11 is 6.05. The van der Waals surface area contributed by atoms with Gasteiger partial charge in [-0.25, -0.2) is 8.42 Å². The highest BCUT2D eigenvalue weighted by atomic mass is 35.5. The summed E-state index contributed by atoms with van der Waals surface area (Å²) in [7, 11) is -3.52. The fourth-order valence-corrected chi connectivity index (χ4v) is 3.14. The zero-order valence-corrected chi connectivity index (χ0v) is 11.9. The average molecular weight is 293 g/mol. The molecule has 98 valence electrons. The van der Waals surface area contributed by atoms with Crippen molar-refractivity contribution in [2.24, 2.45) is 0 Å². The normalized spacial score (nSPS) is 12.4. The van der Waals surface area contributed by atoms with Gasteiger partial charge in [0.05, 0.1) is 15.3 Å². The summed E-state index contributed by atoms with van der Waals surface area (Å²) in [6.45, 7) is 1.91. The average Bonchev–Trinajstić information content (AvgIpc) is 2.40. The van der Waals surface area contributed by atoms with Crippen LogP contribution in [0.3, 0.4) is 0 Å². The van der Waals surface area contributed by atoms with Crippen LogP contribution in [0.15, 0.2) is 64.9 Å². The van der Waals surface area contributed by atoms with Crippen molar-refractivity contribution in [1.82, 2.24) is 0 Å². The van der Waals surface area contributed by atoms with E-state index in [1.54, 1.807) is 36.4 Å². The quantitative estimate of drug-likeness (QED) is 0.856. The molecular weight excluding hydrogens is 280 g/mol. The largest absolute Gasteiger partial charge is 0.219 e. The lowest BCUT2D eigenvalue weighted by Gasteiger charge is -2.02. The first-order valence-corrected chi connectivity index (χ1v) is 7.66. The molecule has 0 heterocycles. The fourth-order valence-electron chi connectivity index (χ4n) is 1.60. The highest BCUT2D eigenvalue weighted by molar-refractivity contribution is 7.94. The summed E-state index contributed by atoms with van der Waals surface area (Å²) in [6.07, 6.45) is 0. The second kappa shape index (κ2) is 5.59. The lowest BCUT2D eigenvalue weighted by Crippen LogP contribution is -1.97. The van der Waals surface area contributed by atoms with Crippen molar-refractivity contribution in [3.8, 4) is 0 Å². The third-order valence-electron chi connectivity index (χ3n) is 2.66. The van der Waals surface area contributed by atoms with Crippen molar-refractivity contribution in [2.45, 2.75) is 11.8 Å². The first-order valence-electron chi connectivity index (χ1n) is 5.73. The van der Waals surface area contributed by atoms with E-state index in [1.165, 1.54) is 0 Å². The summed E-state index contributed by atoms with van der Waals surface area (Å²) in [6, 6.07) is 15.7. The fraction of sp³-hybridized carbons (Fsp3) is 0.0667. The Balaban J connectivity index is 2.39. The van der Waals surface area contributed by atoms with Gasteiger partial charge in [0.1, 0.15) is 0 Å². The highest BCUT2D eigenvalue weighted by Gasteiger charge is 2.12. The Morgan fingerprint density at radius 1 is 1.00 bits per heavy atom. The van der Waals surface area contributed by atoms with Crippen LogP contribution in [0, 0.1) is 6.92 Å². The molecule has 0 saturated carbocycles. The minimum atomic E-state index is -3.52. The predicted octanol–water partition coefficient (Wildman–Crippen LogP) is 4.01. The number of benzene rings is 2. The van der Waals surface area contributed by atoms with Gasteiger partial charge in [-0.2, -0.15) is 0 Å². The summed E-state index contributed by atoms with van der Waals surface area (Å²) in [5, 5.41) is 1.30. The lowest BCUT2D eigenvalue weighted by atomic mass is 10.2. The lowest BCUT2D eigenvalue weighted by molar-refractivity contribution is 0.605. The Morgan fingerprint density at radius 3 is 2.16 bits per heavy atom. The molecule has 2 nitrogen and oxygen atoms in total. The van der Waals surface area contributed by atoms with Crippen LogP contribution in [-0.2, 0) is 9.84 Å². The molecule has 0 unspecified atom stereocenters. The smallest absolute Gasteiger partial charge is 0.201 e. The SMILES string of the molecule is Cc1ccc(S(=O)(=O)/C=C(\Cl)c2ccccc2)cc1. The Morgan fingerprint density at radius 2 is 1.58 bits per heavy atom. The third-order valence-corrected chi connectivity index (χ3v) is 4.59. The minimum Gasteiger partial charge on any atom is -0.219 e. The molecule has 0 bridgehead atoms. The zero-order chi connectivity index (χ0) is 13.9. The van der Waals surface area contributed by atoms with Crippen LogP contribution in [-0.4, -0.2) is 8.42 Å². The maximum absolute atomic E-state index is 12.2. The van der Waals surface area contributed by atoms with E-state index < -0.39 is 9.84 Å². The van der Waals surface area contributed by atoms with Gasteiger partial charge in [-0.1, -0.05) is 59.6 Å². The van der Waals surface area contributed by atoms with Crippen LogP contribution in [0.2, 0.25) is 0 Å². The van der Waals surface area contributed by atoms with E-state index in [2.05, 4.69) is 0 Å². The summed E-state index contributed by atoms with van der Waals surface area (Å²) in [4.78, 5) is 0.243. The van der Waals surface area contributed by atoms with Crippen LogP contribution >= 0.6 is 11.6 Å². The van der Waals surface area contributed by atoms with Gasteiger partial charge in [-0.3, -0.25) is 0 Å². The second-order valence-corrected chi connectivity index (χ2v) is 6.39. The monoisotopic (exact) mass is 292 g/mol. The van der Waals surface area contributed by atoms with Gasteiger partial charge in [0.15, 0.2) is 0 Å². The topological polar surface area (TPSA) is 34.1 Å². The first kappa shape index (κ1) is 13.8. The Kier molecular flexibility index (Phi) is 4.08. The van der Waals surface area contributed by atoms with E-state index >= 15 is 0 Å². The van der Waals surface area contributed by atoms with Gasteiger partial charge >= 0.3 is 0 Å². The Bertz CT molecular complexity index is 687. The molecule has 0 aliphatic heterocycles. The van der Waals surface area contributed by atoms with E-state index in [-0.39, 0.29) is 9.93 Å². The highest BCUT2D eigenvalue weighted by Crippen LogP contribution is 2.23. The van der Waals surface area contributed by atoms with Crippen molar-refractivity contribution >= 4 is 26.5 Å². The molecule has 0 fully saturated rings. The molecule has 0 spiro atoms. The van der Waals surface area contributed by atoms with Gasteiger partial charge in [-0.15, -0.1) is 0 Å². The summed E-state index contributed by atoms with van der Waals surface area (Å²) in [5.74, 6) is 0. The van der Waals surface area contributed by atoms with Gasteiger partial charge in [-0.05, 0) is 24.6 Å².